The first-order valence-electron chi connectivity index (χ1n) is 8.12. The third-order valence-electron chi connectivity index (χ3n) is 3.39. The van der Waals surface area contributed by atoms with Crippen LogP contribution in [0.2, 0.25) is 0 Å². The van der Waals surface area contributed by atoms with E-state index in [-0.39, 0.29) is 5.91 Å². The van der Waals surface area contributed by atoms with Crippen LogP contribution < -0.4 is 15.0 Å². The van der Waals surface area contributed by atoms with Crippen LogP contribution in [0.4, 0.5) is 10.5 Å². The van der Waals surface area contributed by atoms with Crippen molar-refractivity contribution in [1.29, 1.82) is 0 Å². The molecule has 0 aliphatic heterocycles. The lowest BCUT2D eigenvalue weighted by Crippen LogP contribution is -2.37. The maximum Gasteiger partial charge on any atom is 0.407 e. The minimum Gasteiger partial charge on any atom is -0.457 e. The van der Waals surface area contributed by atoms with Gasteiger partial charge in [-0.05, 0) is 43.3 Å². The van der Waals surface area contributed by atoms with Gasteiger partial charge < -0.3 is 19.7 Å². The van der Waals surface area contributed by atoms with E-state index < -0.39 is 6.09 Å². The smallest absolute Gasteiger partial charge is 0.407 e. The van der Waals surface area contributed by atoms with Crippen molar-refractivity contribution in [1.82, 2.24) is 5.32 Å². The van der Waals surface area contributed by atoms with Crippen LogP contribution in [0.1, 0.15) is 13.8 Å². The van der Waals surface area contributed by atoms with Crippen molar-refractivity contribution in [2.24, 2.45) is 0 Å². The molecule has 0 unspecified atom stereocenters. The van der Waals surface area contributed by atoms with Crippen LogP contribution in [0.25, 0.3) is 0 Å². The minimum atomic E-state index is -0.488. The molecule has 1 N–H and O–H groups in total. The van der Waals surface area contributed by atoms with Crippen molar-refractivity contribution < 1.29 is 19.1 Å². The summed E-state index contributed by atoms with van der Waals surface area (Å²) in [7, 11) is 0. The van der Waals surface area contributed by atoms with Gasteiger partial charge in [0.25, 0.3) is 0 Å². The molecule has 0 saturated carbocycles. The van der Waals surface area contributed by atoms with E-state index >= 15 is 0 Å². The zero-order valence-electron chi connectivity index (χ0n) is 14.4. The van der Waals surface area contributed by atoms with Gasteiger partial charge in [0.1, 0.15) is 11.5 Å². The number of anilines is 1. The summed E-state index contributed by atoms with van der Waals surface area (Å²) in [5.41, 5.74) is 0.735. The molecule has 0 atom stereocenters. The Kier molecular flexibility index (Phi) is 6.83. The van der Waals surface area contributed by atoms with Gasteiger partial charge in [-0.2, -0.15) is 0 Å². The highest BCUT2D eigenvalue weighted by molar-refractivity contribution is 5.91. The molecule has 25 heavy (non-hydrogen) atoms. The van der Waals surface area contributed by atoms with Crippen LogP contribution >= 0.6 is 0 Å². The second kappa shape index (κ2) is 9.32. The Labute approximate surface area is 147 Å². The topological polar surface area (TPSA) is 67.9 Å². The number of ether oxygens (including phenoxy) is 2. The van der Waals surface area contributed by atoms with Gasteiger partial charge in [0, 0.05) is 25.7 Å². The summed E-state index contributed by atoms with van der Waals surface area (Å²) in [4.78, 5) is 24.8. The molecule has 0 aliphatic rings. The van der Waals surface area contributed by atoms with Crippen molar-refractivity contribution in [2.45, 2.75) is 13.8 Å². The maximum atomic E-state index is 11.9. The summed E-state index contributed by atoms with van der Waals surface area (Å²) in [6.07, 6.45) is -0.488. The molecule has 0 saturated heterocycles. The summed E-state index contributed by atoms with van der Waals surface area (Å²) in [6.45, 7) is 4.19. The molecule has 132 valence electrons. The molecule has 0 aliphatic carbocycles. The van der Waals surface area contributed by atoms with Crippen LogP contribution in [0.15, 0.2) is 54.6 Å². The highest BCUT2D eigenvalue weighted by atomic mass is 16.5. The average molecular weight is 342 g/mol. The number of para-hydroxylation sites is 1. The minimum absolute atomic E-state index is 0.109. The predicted octanol–water partition coefficient (Wildman–Crippen LogP) is 3.58. The van der Waals surface area contributed by atoms with Gasteiger partial charge >= 0.3 is 6.09 Å². The van der Waals surface area contributed by atoms with Crippen molar-refractivity contribution in [3.05, 3.63) is 54.6 Å². The lowest BCUT2D eigenvalue weighted by molar-refractivity contribution is -0.116. The molecule has 0 bridgehead atoms. The molecule has 6 nitrogen and oxygen atoms in total. The van der Waals surface area contributed by atoms with Gasteiger partial charge in [0.15, 0.2) is 0 Å². The van der Waals surface area contributed by atoms with E-state index in [1.54, 1.807) is 24.0 Å². The summed E-state index contributed by atoms with van der Waals surface area (Å²) in [6, 6.07) is 16.7. The lowest BCUT2D eigenvalue weighted by Gasteiger charge is -2.21. The number of carbonyl (C=O) groups is 2. The van der Waals surface area contributed by atoms with Gasteiger partial charge in [0.2, 0.25) is 5.91 Å². The van der Waals surface area contributed by atoms with Gasteiger partial charge in [-0.3, -0.25) is 4.79 Å². The number of carbonyl (C=O) groups excluding carboxylic acids is 2. The van der Waals surface area contributed by atoms with E-state index in [4.69, 9.17) is 9.47 Å². The molecule has 2 aromatic carbocycles. The van der Waals surface area contributed by atoms with Gasteiger partial charge in [-0.25, -0.2) is 4.79 Å². The molecular weight excluding hydrogens is 320 g/mol. The van der Waals surface area contributed by atoms with E-state index in [2.05, 4.69) is 5.32 Å². The fourth-order valence-electron chi connectivity index (χ4n) is 2.24. The second-order valence-electron chi connectivity index (χ2n) is 5.23. The van der Waals surface area contributed by atoms with Crippen LogP contribution in [-0.4, -0.2) is 31.7 Å². The first-order chi connectivity index (χ1) is 12.1. The Hall–Kier alpha value is -3.02. The molecule has 0 spiro atoms. The fourth-order valence-corrected chi connectivity index (χ4v) is 2.24. The molecule has 2 amide bonds. The van der Waals surface area contributed by atoms with E-state index in [0.717, 1.165) is 11.4 Å². The first kappa shape index (κ1) is 18.3. The average Bonchev–Trinajstić information content (AvgIpc) is 2.60. The van der Waals surface area contributed by atoms with Crippen molar-refractivity contribution >= 4 is 17.7 Å². The van der Waals surface area contributed by atoms with Crippen LogP contribution in [0.5, 0.6) is 11.5 Å². The largest absolute Gasteiger partial charge is 0.457 e. The lowest BCUT2D eigenvalue weighted by atomic mass is 10.2. The first-order valence-corrected chi connectivity index (χ1v) is 8.12. The number of nitrogens with zero attached hydrogens (tertiary/aromatic N) is 1. The van der Waals surface area contributed by atoms with E-state index in [1.165, 1.54) is 6.92 Å². The highest BCUT2D eigenvalue weighted by Crippen LogP contribution is 2.24. The fraction of sp³-hybridized carbons (Fsp3) is 0.263. The monoisotopic (exact) mass is 342 g/mol. The number of hydrogen-bond acceptors (Lipinski definition) is 4. The summed E-state index contributed by atoms with van der Waals surface area (Å²) < 4.78 is 10.5. The number of hydrogen-bond donors (Lipinski definition) is 1. The van der Waals surface area contributed by atoms with E-state index in [9.17, 15) is 9.59 Å². The number of nitrogens with one attached hydrogen (secondary N) is 1. The second-order valence-corrected chi connectivity index (χ2v) is 5.23. The Morgan fingerprint density at radius 2 is 1.64 bits per heavy atom. The zero-order valence-corrected chi connectivity index (χ0v) is 14.4. The molecule has 2 aromatic rings. The molecule has 0 radical (unpaired) electrons. The quantitative estimate of drug-likeness (QED) is 0.835. The summed E-state index contributed by atoms with van der Waals surface area (Å²) in [5.74, 6) is 1.32. The molecule has 6 heteroatoms. The molecule has 0 heterocycles. The van der Waals surface area contributed by atoms with Gasteiger partial charge in [-0.15, -0.1) is 0 Å². The van der Waals surface area contributed by atoms with E-state index in [1.807, 2.05) is 42.5 Å². The van der Waals surface area contributed by atoms with Crippen molar-refractivity contribution in [2.75, 3.05) is 24.6 Å². The SMILES string of the molecule is CCOC(=O)NCCN(C(C)=O)c1ccc(Oc2ccccc2)cc1. The predicted molar refractivity (Wildman–Crippen MR) is 96.0 cm³/mol. The Bertz CT molecular complexity index is 686. The van der Waals surface area contributed by atoms with Crippen LogP contribution in [0, 0.1) is 0 Å². The Balaban J connectivity index is 1.96. The Morgan fingerprint density at radius 3 is 2.24 bits per heavy atom. The molecular formula is C19H22N2O4. The normalized spacial score (nSPS) is 10.0. The van der Waals surface area contributed by atoms with E-state index in [0.29, 0.717) is 25.4 Å². The van der Waals surface area contributed by atoms with Crippen LogP contribution in [0.3, 0.4) is 0 Å². The Morgan fingerprint density at radius 1 is 1.00 bits per heavy atom. The third-order valence-corrected chi connectivity index (χ3v) is 3.39. The summed E-state index contributed by atoms with van der Waals surface area (Å²) in [5, 5.41) is 2.60. The van der Waals surface area contributed by atoms with Gasteiger partial charge in [0.05, 0.1) is 6.61 Å². The van der Waals surface area contributed by atoms with Crippen LogP contribution in [-0.2, 0) is 9.53 Å². The molecule has 0 fully saturated rings. The number of benzene rings is 2. The number of rotatable bonds is 7. The van der Waals surface area contributed by atoms with Crippen molar-refractivity contribution in [3.63, 3.8) is 0 Å². The number of amides is 2. The number of alkyl carbamates (subject to hydrolysis) is 1. The highest BCUT2D eigenvalue weighted by Gasteiger charge is 2.12. The van der Waals surface area contributed by atoms with Crippen molar-refractivity contribution in [3.8, 4) is 11.5 Å². The summed E-state index contributed by atoms with van der Waals surface area (Å²) >= 11 is 0. The standard InChI is InChI=1S/C19H22N2O4/c1-3-24-19(23)20-13-14-21(15(2)22)16-9-11-18(12-10-16)25-17-7-5-4-6-8-17/h4-12H,3,13-14H2,1-2H3,(H,20,23). The van der Waals surface area contributed by atoms with Gasteiger partial charge in [-0.1, -0.05) is 18.2 Å². The third kappa shape index (κ3) is 5.84. The molecule has 0 aromatic heterocycles. The maximum absolute atomic E-state index is 11.9. The zero-order chi connectivity index (χ0) is 18.1. The molecule has 2 rings (SSSR count).